The van der Waals surface area contributed by atoms with E-state index in [0.29, 0.717) is 11.6 Å². The molecule has 0 unspecified atom stereocenters. The van der Waals surface area contributed by atoms with E-state index < -0.39 is 11.9 Å². The van der Waals surface area contributed by atoms with E-state index in [-0.39, 0.29) is 43.3 Å². The number of carboxylic acid groups (broad SMARTS) is 2. The maximum atomic E-state index is 10.8. The van der Waals surface area contributed by atoms with Gasteiger partial charge in [-0.05, 0) is 30.0 Å². The molecule has 0 amide bonds. The number of hydrogen-bond donors (Lipinski definition) is 0. The average Bonchev–Trinajstić information content (AvgIpc) is 2.34. The zero-order valence-electron chi connectivity index (χ0n) is 10.8. The van der Waals surface area contributed by atoms with E-state index in [1.54, 1.807) is 24.3 Å². The molecule has 5 heteroatoms. The molecule has 1 rings (SSSR count). The Morgan fingerprint density at radius 3 is 2.16 bits per heavy atom. The average molecular weight is 286 g/mol. The van der Waals surface area contributed by atoms with E-state index in [9.17, 15) is 19.8 Å². The molecule has 1 aromatic rings. The van der Waals surface area contributed by atoms with Crippen molar-refractivity contribution in [3.63, 3.8) is 0 Å². The van der Waals surface area contributed by atoms with Crippen LogP contribution in [0.1, 0.15) is 30.9 Å². The summed E-state index contributed by atoms with van der Waals surface area (Å²) in [6.45, 7) is 2.09. The van der Waals surface area contributed by atoms with Gasteiger partial charge in [0, 0.05) is 5.57 Å². The summed E-state index contributed by atoms with van der Waals surface area (Å²) in [4.78, 5) is 21.2. The number of carboxylic acids is 2. The predicted octanol–water partition coefficient (Wildman–Crippen LogP) is -0.468. The van der Waals surface area contributed by atoms with Gasteiger partial charge in [0.05, 0.1) is 11.9 Å². The number of carbonyl (C=O) groups excluding carboxylic acids is 2. The summed E-state index contributed by atoms with van der Waals surface area (Å²) < 4.78 is 0. The van der Waals surface area contributed by atoms with Crippen molar-refractivity contribution in [3.8, 4) is 0 Å². The van der Waals surface area contributed by atoms with Crippen LogP contribution in [0.15, 0.2) is 30.3 Å². The van der Waals surface area contributed by atoms with Crippen LogP contribution in [0.3, 0.4) is 0 Å². The van der Waals surface area contributed by atoms with Crippen LogP contribution >= 0.6 is 0 Å². The minimum absolute atomic E-state index is 0. The molecule has 19 heavy (non-hydrogen) atoms. The van der Waals surface area contributed by atoms with Crippen LogP contribution in [0.4, 0.5) is 0 Å². The third-order valence-corrected chi connectivity index (χ3v) is 2.57. The van der Waals surface area contributed by atoms with E-state index in [1.807, 2.05) is 0 Å². The molecule has 0 aromatic heterocycles. The first-order chi connectivity index (χ1) is 8.54. The molecule has 1 aromatic carbocycles. The summed E-state index contributed by atoms with van der Waals surface area (Å²) in [6.07, 6.45) is 3.59. The number of unbranched alkanes of at least 4 members (excludes halogenated alkanes) is 1. The second kappa shape index (κ2) is 9.13. The fourth-order valence-corrected chi connectivity index (χ4v) is 1.61. The number of aryl methyl sites for hydroxylation is 1. The Balaban J connectivity index is 0.00000324. The van der Waals surface area contributed by atoms with Crippen LogP contribution in [-0.2, 0) is 16.0 Å². The topological polar surface area (TPSA) is 80.3 Å². The van der Waals surface area contributed by atoms with Crippen molar-refractivity contribution < 1.29 is 19.8 Å². The number of aliphatic carboxylic acids is 2. The Hall–Kier alpha value is -0.840. The zero-order valence-corrected chi connectivity index (χ0v) is 13.1. The first kappa shape index (κ1) is 18.2. The van der Waals surface area contributed by atoms with Gasteiger partial charge in [0.15, 0.2) is 0 Å². The number of benzene rings is 1. The van der Waals surface area contributed by atoms with Gasteiger partial charge < -0.3 is 19.8 Å². The molecule has 0 heterocycles. The Kier molecular flexibility index (Phi) is 8.72. The van der Waals surface area contributed by atoms with Crippen molar-refractivity contribution in [1.82, 2.24) is 0 Å². The fraction of sp³-hybridized carbons (Fsp3) is 0.286. The molecule has 0 N–H and O–H groups in total. The van der Waals surface area contributed by atoms with Gasteiger partial charge in [0.25, 0.3) is 0 Å². The molecule has 0 saturated heterocycles. The second-order valence-corrected chi connectivity index (χ2v) is 3.96. The van der Waals surface area contributed by atoms with Gasteiger partial charge in [-0.1, -0.05) is 37.6 Å². The monoisotopic (exact) mass is 286 g/mol. The Bertz CT molecular complexity index is 463. The summed E-state index contributed by atoms with van der Waals surface area (Å²) in [5.41, 5.74) is 1.02. The molecule has 0 fully saturated rings. The van der Waals surface area contributed by atoms with Crippen LogP contribution in [0.2, 0.25) is 0 Å². The molecule has 96 valence electrons. The van der Waals surface area contributed by atoms with Crippen molar-refractivity contribution in [2.45, 2.75) is 26.2 Å². The van der Waals surface area contributed by atoms with E-state index in [0.717, 1.165) is 24.8 Å². The van der Waals surface area contributed by atoms with Gasteiger partial charge >= 0.3 is 37.7 Å². The van der Waals surface area contributed by atoms with Gasteiger partial charge in [-0.3, -0.25) is 0 Å². The fourth-order valence-electron chi connectivity index (χ4n) is 1.61. The van der Waals surface area contributed by atoms with Gasteiger partial charge in [-0.15, -0.1) is 0 Å². The van der Waals surface area contributed by atoms with Crippen LogP contribution < -0.4 is 10.2 Å². The second-order valence-electron chi connectivity index (χ2n) is 3.96. The van der Waals surface area contributed by atoms with Crippen LogP contribution in [-0.4, -0.2) is 49.7 Å². The summed E-state index contributed by atoms with van der Waals surface area (Å²) in [5.74, 6) is -3.08. The van der Waals surface area contributed by atoms with Crippen LogP contribution in [0.25, 0.3) is 5.57 Å². The van der Waals surface area contributed by atoms with E-state index in [4.69, 9.17) is 0 Å². The molecule has 0 spiro atoms. The van der Waals surface area contributed by atoms with Crippen LogP contribution in [0, 0.1) is 0 Å². The molecular formula is C14H14CaO4. The van der Waals surface area contributed by atoms with Gasteiger partial charge in [0.2, 0.25) is 0 Å². The zero-order chi connectivity index (χ0) is 13.5. The maximum absolute atomic E-state index is 10.8. The maximum Gasteiger partial charge on any atom is 2.00 e. The van der Waals surface area contributed by atoms with Crippen molar-refractivity contribution in [1.29, 1.82) is 0 Å². The third kappa shape index (κ3) is 6.23. The van der Waals surface area contributed by atoms with Gasteiger partial charge in [-0.25, -0.2) is 0 Å². The standard InChI is InChI=1S/C14H16O4.Ca/c1-2-3-4-10-5-7-11(8-6-10)12(14(17)18)9-13(15)16;/h5-9H,2-4H2,1H3,(H,15,16)(H,17,18);/q;+2/p-2/b12-9-;. The molecule has 0 radical (unpaired) electrons. The molecular weight excluding hydrogens is 272 g/mol. The van der Waals surface area contributed by atoms with E-state index in [2.05, 4.69) is 6.92 Å². The normalized spacial score (nSPS) is 10.7. The van der Waals surface area contributed by atoms with Crippen molar-refractivity contribution in [2.75, 3.05) is 0 Å². The van der Waals surface area contributed by atoms with Gasteiger partial charge in [0.1, 0.15) is 0 Å². The minimum atomic E-state index is -1.55. The number of hydrogen-bond acceptors (Lipinski definition) is 4. The first-order valence-corrected chi connectivity index (χ1v) is 5.78. The Labute approximate surface area is 142 Å². The third-order valence-electron chi connectivity index (χ3n) is 2.57. The number of carbonyl (C=O) groups is 2. The minimum Gasteiger partial charge on any atom is -0.545 e. The first-order valence-electron chi connectivity index (χ1n) is 5.78. The quantitative estimate of drug-likeness (QED) is 0.523. The van der Waals surface area contributed by atoms with E-state index >= 15 is 0 Å². The summed E-state index contributed by atoms with van der Waals surface area (Å²) in [7, 11) is 0. The molecule has 0 atom stereocenters. The number of rotatable bonds is 6. The Morgan fingerprint density at radius 1 is 1.16 bits per heavy atom. The molecule has 0 bridgehead atoms. The molecule has 0 aliphatic rings. The summed E-state index contributed by atoms with van der Waals surface area (Å²) in [5, 5.41) is 21.2. The van der Waals surface area contributed by atoms with Crippen molar-refractivity contribution >= 4 is 55.2 Å². The van der Waals surface area contributed by atoms with Gasteiger partial charge in [-0.2, -0.15) is 0 Å². The largest absolute Gasteiger partial charge is 2.00 e. The van der Waals surface area contributed by atoms with Crippen molar-refractivity contribution in [3.05, 3.63) is 41.5 Å². The summed E-state index contributed by atoms with van der Waals surface area (Å²) in [6, 6.07) is 6.74. The SMILES string of the molecule is CCCCc1ccc(/C(=C/C(=O)[O-])C(=O)[O-])cc1.[Ca+2]. The van der Waals surface area contributed by atoms with Crippen molar-refractivity contribution in [2.24, 2.45) is 0 Å². The molecule has 0 saturated carbocycles. The smallest absolute Gasteiger partial charge is 0.545 e. The van der Waals surface area contributed by atoms with Crippen LogP contribution in [0.5, 0.6) is 0 Å². The van der Waals surface area contributed by atoms with E-state index in [1.165, 1.54) is 0 Å². The predicted molar refractivity (Wildman–Crippen MR) is 68.8 cm³/mol. The molecule has 0 aliphatic heterocycles. The molecule has 0 aliphatic carbocycles. The Morgan fingerprint density at radius 2 is 1.74 bits per heavy atom. The summed E-state index contributed by atoms with van der Waals surface area (Å²) >= 11 is 0. The molecule has 4 nitrogen and oxygen atoms in total.